The van der Waals surface area contributed by atoms with Crippen LogP contribution in [0, 0.1) is 0 Å². The molecule has 1 aliphatic heterocycles. The van der Waals surface area contributed by atoms with E-state index >= 15 is 0 Å². The highest BCUT2D eigenvalue weighted by atomic mass is 16.5. The average Bonchev–Trinajstić information content (AvgIpc) is 2.64. The van der Waals surface area contributed by atoms with Crippen molar-refractivity contribution >= 4 is 5.91 Å². The maximum atomic E-state index is 12.3. The lowest BCUT2D eigenvalue weighted by Crippen LogP contribution is -2.48. The molecule has 0 bridgehead atoms. The zero-order valence-corrected chi connectivity index (χ0v) is 12.1. The van der Waals surface area contributed by atoms with Crippen molar-refractivity contribution in [3.63, 3.8) is 0 Å². The summed E-state index contributed by atoms with van der Waals surface area (Å²) in [6.07, 6.45) is 5.76. The second kappa shape index (κ2) is 8.48. The van der Waals surface area contributed by atoms with Crippen molar-refractivity contribution < 1.29 is 9.53 Å². The van der Waals surface area contributed by atoms with Crippen molar-refractivity contribution in [3.05, 3.63) is 0 Å². The van der Waals surface area contributed by atoms with Gasteiger partial charge in [0.05, 0.1) is 6.04 Å². The molecule has 0 saturated carbocycles. The van der Waals surface area contributed by atoms with Crippen molar-refractivity contribution in [1.82, 2.24) is 10.2 Å². The van der Waals surface area contributed by atoms with Crippen molar-refractivity contribution in [2.45, 2.75) is 58.0 Å². The molecular weight excluding hydrogens is 228 g/mol. The van der Waals surface area contributed by atoms with E-state index in [0.29, 0.717) is 6.04 Å². The van der Waals surface area contributed by atoms with Crippen LogP contribution in [0.2, 0.25) is 0 Å². The van der Waals surface area contributed by atoms with Crippen LogP contribution >= 0.6 is 0 Å². The van der Waals surface area contributed by atoms with Crippen LogP contribution in [0.1, 0.15) is 46.0 Å². The zero-order chi connectivity index (χ0) is 13.4. The molecule has 106 valence electrons. The Kier molecular flexibility index (Phi) is 7.28. The van der Waals surface area contributed by atoms with Gasteiger partial charge < -0.3 is 15.0 Å². The third kappa shape index (κ3) is 5.36. The molecule has 2 unspecified atom stereocenters. The molecule has 2 atom stereocenters. The SMILES string of the molecule is COCCC(C)NC(C)C(=O)N1CCCCCC1. The molecule has 0 aromatic heterocycles. The van der Waals surface area contributed by atoms with Gasteiger partial charge in [-0.15, -0.1) is 0 Å². The number of methoxy groups -OCH3 is 1. The largest absolute Gasteiger partial charge is 0.385 e. The fraction of sp³-hybridized carbons (Fsp3) is 0.929. The smallest absolute Gasteiger partial charge is 0.239 e. The summed E-state index contributed by atoms with van der Waals surface area (Å²) in [7, 11) is 1.71. The minimum Gasteiger partial charge on any atom is -0.385 e. The third-order valence-corrected chi connectivity index (χ3v) is 3.58. The van der Waals surface area contributed by atoms with Gasteiger partial charge in [0.2, 0.25) is 5.91 Å². The first-order chi connectivity index (χ1) is 8.65. The maximum Gasteiger partial charge on any atom is 0.239 e. The molecule has 0 aromatic carbocycles. The molecule has 1 N–H and O–H groups in total. The molecule has 0 spiro atoms. The predicted molar refractivity (Wildman–Crippen MR) is 73.6 cm³/mol. The number of likely N-dealkylation sites (tertiary alicyclic amines) is 1. The van der Waals surface area contributed by atoms with Gasteiger partial charge >= 0.3 is 0 Å². The Morgan fingerprint density at radius 3 is 2.39 bits per heavy atom. The number of rotatable bonds is 6. The molecule has 1 fully saturated rings. The summed E-state index contributed by atoms with van der Waals surface area (Å²) in [5, 5.41) is 3.36. The standard InChI is InChI=1S/C14H28N2O2/c1-12(8-11-18-3)15-13(2)14(17)16-9-6-4-5-7-10-16/h12-13,15H,4-11H2,1-3H3. The molecule has 1 rings (SSSR count). The van der Waals surface area contributed by atoms with Crippen LogP contribution in [0.3, 0.4) is 0 Å². The summed E-state index contributed by atoms with van der Waals surface area (Å²) >= 11 is 0. The van der Waals surface area contributed by atoms with E-state index in [1.807, 2.05) is 11.8 Å². The van der Waals surface area contributed by atoms with Crippen LogP contribution in [0.5, 0.6) is 0 Å². The topological polar surface area (TPSA) is 41.6 Å². The Morgan fingerprint density at radius 2 is 1.83 bits per heavy atom. The Bertz CT molecular complexity index is 238. The van der Waals surface area contributed by atoms with Crippen LogP contribution in [-0.4, -0.2) is 49.7 Å². The monoisotopic (exact) mass is 256 g/mol. The quantitative estimate of drug-likeness (QED) is 0.788. The second-order valence-electron chi connectivity index (χ2n) is 5.31. The van der Waals surface area contributed by atoms with E-state index < -0.39 is 0 Å². The Hall–Kier alpha value is -0.610. The molecule has 1 heterocycles. The highest BCUT2D eigenvalue weighted by Crippen LogP contribution is 2.11. The Labute approximate surface area is 111 Å². The van der Waals surface area contributed by atoms with Crippen LogP contribution in [0.4, 0.5) is 0 Å². The van der Waals surface area contributed by atoms with Crippen molar-refractivity contribution in [1.29, 1.82) is 0 Å². The summed E-state index contributed by atoms with van der Waals surface area (Å²) in [5.41, 5.74) is 0. The van der Waals surface area contributed by atoms with Crippen molar-refractivity contribution in [2.24, 2.45) is 0 Å². The molecule has 0 radical (unpaired) electrons. The molecule has 18 heavy (non-hydrogen) atoms. The number of hydrogen-bond acceptors (Lipinski definition) is 3. The minimum atomic E-state index is -0.0880. The fourth-order valence-electron chi connectivity index (χ4n) is 2.44. The van der Waals surface area contributed by atoms with Gasteiger partial charge in [-0.1, -0.05) is 12.8 Å². The highest BCUT2D eigenvalue weighted by Gasteiger charge is 2.22. The van der Waals surface area contributed by atoms with Crippen molar-refractivity contribution in [3.8, 4) is 0 Å². The number of carbonyl (C=O) groups excluding carboxylic acids is 1. The lowest BCUT2D eigenvalue weighted by atomic mass is 10.2. The number of nitrogens with zero attached hydrogens (tertiary/aromatic N) is 1. The van der Waals surface area contributed by atoms with Crippen molar-refractivity contribution in [2.75, 3.05) is 26.8 Å². The molecular formula is C14H28N2O2. The number of nitrogens with one attached hydrogen (secondary N) is 1. The van der Waals surface area contributed by atoms with E-state index in [4.69, 9.17) is 4.74 Å². The van der Waals surface area contributed by atoms with Crippen LogP contribution in [0.15, 0.2) is 0 Å². The normalized spacial score (nSPS) is 20.3. The number of ether oxygens (including phenoxy) is 1. The summed E-state index contributed by atoms with van der Waals surface area (Å²) in [6.45, 7) is 6.66. The summed E-state index contributed by atoms with van der Waals surface area (Å²) in [6, 6.07) is 0.228. The maximum absolute atomic E-state index is 12.3. The molecule has 1 amide bonds. The van der Waals surface area contributed by atoms with E-state index in [0.717, 1.165) is 39.0 Å². The van der Waals surface area contributed by atoms with Crippen LogP contribution in [0.25, 0.3) is 0 Å². The summed E-state index contributed by atoms with van der Waals surface area (Å²) in [5.74, 6) is 0.251. The van der Waals surface area contributed by atoms with Gasteiger partial charge in [0.25, 0.3) is 0 Å². The molecule has 0 aromatic rings. The second-order valence-corrected chi connectivity index (χ2v) is 5.31. The van der Waals surface area contributed by atoms with Gasteiger partial charge in [0, 0.05) is 32.8 Å². The highest BCUT2D eigenvalue weighted by molar-refractivity contribution is 5.81. The summed E-state index contributed by atoms with van der Waals surface area (Å²) < 4.78 is 5.05. The zero-order valence-electron chi connectivity index (χ0n) is 12.1. The van der Waals surface area contributed by atoms with Gasteiger partial charge in [-0.25, -0.2) is 0 Å². The molecule has 1 aliphatic rings. The van der Waals surface area contributed by atoms with E-state index in [1.54, 1.807) is 7.11 Å². The number of hydrogen-bond donors (Lipinski definition) is 1. The first kappa shape index (κ1) is 15.4. The van der Waals surface area contributed by atoms with E-state index in [-0.39, 0.29) is 11.9 Å². The van der Waals surface area contributed by atoms with Gasteiger partial charge in [0.1, 0.15) is 0 Å². The fourth-order valence-corrected chi connectivity index (χ4v) is 2.44. The van der Waals surface area contributed by atoms with E-state index in [9.17, 15) is 4.79 Å². The lowest BCUT2D eigenvalue weighted by molar-refractivity contribution is -0.133. The molecule has 4 heteroatoms. The number of carbonyl (C=O) groups is 1. The van der Waals surface area contributed by atoms with E-state index in [2.05, 4.69) is 12.2 Å². The van der Waals surface area contributed by atoms with Gasteiger partial charge in [0.15, 0.2) is 0 Å². The van der Waals surface area contributed by atoms with Crippen LogP contribution in [-0.2, 0) is 9.53 Å². The third-order valence-electron chi connectivity index (χ3n) is 3.58. The molecule has 1 saturated heterocycles. The molecule has 4 nitrogen and oxygen atoms in total. The minimum absolute atomic E-state index is 0.0880. The summed E-state index contributed by atoms with van der Waals surface area (Å²) in [4.78, 5) is 14.3. The van der Waals surface area contributed by atoms with Gasteiger partial charge in [-0.2, -0.15) is 0 Å². The first-order valence-corrected chi connectivity index (χ1v) is 7.19. The Balaban J connectivity index is 2.34. The average molecular weight is 256 g/mol. The van der Waals surface area contributed by atoms with Gasteiger partial charge in [-0.3, -0.25) is 4.79 Å². The number of amides is 1. The first-order valence-electron chi connectivity index (χ1n) is 7.19. The molecule has 0 aliphatic carbocycles. The Morgan fingerprint density at radius 1 is 1.22 bits per heavy atom. The van der Waals surface area contributed by atoms with E-state index in [1.165, 1.54) is 12.8 Å². The lowest BCUT2D eigenvalue weighted by Gasteiger charge is -2.26. The van der Waals surface area contributed by atoms with Crippen LogP contribution < -0.4 is 5.32 Å². The van der Waals surface area contributed by atoms with Gasteiger partial charge in [-0.05, 0) is 33.1 Å². The predicted octanol–water partition coefficient (Wildman–Crippen LogP) is 1.79.